The summed E-state index contributed by atoms with van der Waals surface area (Å²) >= 11 is 0. The molecule has 0 fully saturated rings. The SMILES string of the molecule is Cc1cccc(S(=O)(=O)NC(C=O)CC(=O)O)c1-c1ccccc1. The molecule has 0 aliphatic rings. The summed E-state index contributed by atoms with van der Waals surface area (Å²) in [6.07, 6.45) is -0.334. The van der Waals surface area contributed by atoms with Crippen LogP contribution in [0.4, 0.5) is 0 Å². The molecule has 0 amide bonds. The Morgan fingerprint density at radius 3 is 2.42 bits per heavy atom. The van der Waals surface area contributed by atoms with Gasteiger partial charge in [-0.05, 0) is 24.1 Å². The van der Waals surface area contributed by atoms with Crippen molar-refractivity contribution in [3.63, 3.8) is 0 Å². The van der Waals surface area contributed by atoms with E-state index in [0.29, 0.717) is 5.56 Å². The lowest BCUT2D eigenvalue weighted by Gasteiger charge is -2.16. The minimum absolute atomic E-state index is 0.00550. The molecule has 24 heavy (non-hydrogen) atoms. The van der Waals surface area contributed by atoms with E-state index in [-0.39, 0.29) is 11.2 Å². The number of hydrogen-bond acceptors (Lipinski definition) is 4. The maximum Gasteiger partial charge on any atom is 0.305 e. The van der Waals surface area contributed by atoms with Crippen LogP contribution in [-0.2, 0) is 19.6 Å². The van der Waals surface area contributed by atoms with E-state index in [1.807, 2.05) is 6.07 Å². The van der Waals surface area contributed by atoms with Gasteiger partial charge in [-0.15, -0.1) is 0 Å². The summed E-state index contributed by atoms with van der Waals surface area (Å²) in [7, 11) is -4.06. The lowest BCUT2D eigenvalue weighted by Crippen LogP contribution is -2.37. The molecule has 1 atom stereocenters. The number of rotatable bonds is 7. The molecule has 0 spiro atoms. The zero-order valence-corrected chi connectivity index (χ0v) is 13.8. The molecule has 0 aliphatic heterocycles. The fourth-order valence-electron chi connectivity index (χ4n) is 2.41. The van der Waals surface area contributed by atoms with Crippen molar-refractivity contribution in [1.82, 2.24) is 4.72 Å². The number of aldehydes is 1. The Morgan fingerprint density at radius 2 is 1.83 bits per heavy atom. The van der Waals surface area contributed by atoms with Crippen molar-refractivity contribution in [3.8, 4) is 11.1 Å². The molecule has 2 rings (SSSR count). The summed E-state index contributed by atoms with van der Waals surface area (Å²) in [5, 5.41) is 8.77. The Labute approximate surface area is 140 Å². The highest BCUT2D eigenvalue weighted by Gasteiger charge is 2.25. The van der Waals surface area contributed by atoms with Gasteiger partial charge in [-0.2, -0.15) is 0 Å². The zero-order chi connectivity index (χ0) is 17.7. The first kappa shape index (κ1) is 17.8. The van der Waals surface area contributed by atoms with Crippen molar-refractivity contribution in [1.29, 1.82) is 0 Å². The van der Waals surface area contributed by atoms with Gasteiger partial charge in [-0.1, -0.05) is 42.5 Å². The third-order valence-electron chi connectivity index (χ3n) is 3.45. The lowest BCUT2D eigenvalue weighted by molar-refractivity contribution is -0.138. The molecule has 2 aromatic carbocycles. The van der Waals surface area contributed by atoms with Crippen LogP contribution in [0.15, 0.2) is 53.4 Å². The van der Waals surface area contributed by atoms with Crippen LogP contribution >= 0.6 is 0 Å². The highest BCUT2D eigenvalue weighted by molar-refractivity contribution is 7.89. The number of carbonyl (C=O) groups is 2. The minimum atomic E-state index is -4.06. The van der Waals surface area contributed by atoms with Crippen LogP contribution in [0.25, 0.3) is 11.1 Å². The number of carbonyl (C=O) groups excluding carboxylic acids is 1. The Kier molecular flexibility index (Phi) is 5.48. The number of aryl methyl sites for hydroxylation is 1. The third kappa shape index (κ3) is 4.06. The monoisotopic (exact) mass is 347 g/mol. The van der Waals surface area contributed by atoms with Crippen LogP contribution in [0.3, 0.4) is 0 Å². The Hall–Kier alpha value is -2.51. The van der Waals surface area contributed by atoms with Crippen LogP contribution in [-0.4, -0.2) is 31.8 Å². The van der Waals surface area contributed by atoms with E-state index < -0.39 is 28.5 Å². The first-order valence-electron chi connectivity index (χ1n) is 7.19. The van der Waals surface area contributed by atoms with Crippen molar-refractivity contribution in [2.45, 2.75) is 24.3 Å². The second kappa shape index (κ2) is 7.37. The van der Waals surface area contributed by atoms with E-state index in [0.717, 1.165) is 11.1 Å². The molecule has 1 unspecified atom stereocenters. The maximum atomic E-state index is 12.7. The zero-order valence-electron chi connectivity index (χ0n) is 13.0. The number of carboxylic acids is 1. The van der Waals surface area contributed by atoms with Gasteiger partial charge in [0.25, 0.3) is 0 Å². The van der Waals surface area contributed by atoms with Crippen LogP contribution in [0, 0.1) is 6.92 Å². The summed E-state index contributed by atoms with van der Waals surface area (Å²) in [4.78, 5) is 21.7. The molecule has 0 saturated carbocycles. The van der Waals surface area contributed by atoms with Crippen LogP contribution < -0.4 is 4.72 Å². The van der Waals surface area contributed by atoms with Crippen LogP contribution in [0.2, 0.25) is 0 Å². The Balaban J connectivity index is 2.50. The Morgan fingerprint density at radius 1 is 1.17 bits per heavy atom. The second-order valence-corrected chi connectivity index (χ2v) is 6.96. The van der Waals surface area contributed by atoms with E-state index in [2.05, 4.69) is 4.72 Å². The van der Waals surface area contributed by atoms with Crippen molar-refractivity contribution in [2.24, 2.45) is 0 Å². The number of hydrogen-bond donors (Lipinski definition) is 2. The smallest absolute Gasteiger partial charge is 0.305 e. The molecule has 0 heterocycles. The summed E-state index contributed by atoms with van der Waals surface area (Å²) in [6.45, 7) is 1.79. The van der Waals surface area contributed by atoms with E-state index >= 15 is 0 Å². The van der Waals surface area contributed by atoms with Gasteiger partial charge in [0.2, 0.25) is 10.0 Å². The van der Waals surface area contributed by atoms with E-state index in [4.69, 9.17) is 5.11 Å². The average molecular weight is 347 g/mol. The predicted molar refractivity (Wildman–Crippen MR) is 89.0 cm³/mol. The minimum Gasteiger partial charge on any atom is -0.481 e. The molecule has 0 saturated heterocycles. The normalized spacial score (nSPS) is 12.5. The molecule has 0 radical (unpaired) electrons. The van der Waals surface area contributed by atoms with E-state index in [1.165, 1.54) is 6.07 Å². The molecule has 0 aliphatic carbocycles. The van der Waals surface area contributed by atoms with E-state index in [9.17, 15) is 18.0 Å². The summed E-state index contributed by atoms with van der Waals surface area (Å²) in [6, 6.07) is 12.5. The fraction of sp³-hybridized carbons (Fsp3) is 0.176. The van der Waals surface area contributed by atoms with Gasteiger partial charge in [-0.25, -0.2) is 13.1 Å². The van der Waals surface area contributed by atoms with Gasteiger partial charge < -0.3 is 9.90 Å². The van der Waals surface area contributed by atoms with Crippen molar-refractivity contribution in [2.75, 3.05) is 0 Å². The van der Waals surface area contributed by atoms with Gasteiger partial charge in [0, 0.05) is 5.56 Å². The third-order valence-corrected chi connectivity index (χ3v) is 4.98. The predicted octanol–water partition coefficient (Wildman–Crippen LogP) is 1.98. The van der Waals surface area contributed by atoms with Crippen LogP contribution in [0.5, 0.6) is 0 Å². The molecule has 2 N–H and O–H groups in total. The van der Waals surface area contributed by atoms with Crippen molar-refractivity contribution >= 4 is 22.3 Å². The van der Waals surface area contributed by atoms with Gasteiger partial charge >= 0.3 is 5.97 Å². The average Bonchev–Trinajstić information content (AvgIpc) is 2.54. The van der Waals surface area contributed by atoms with E-state index in [1.54, 1.807) is 43.3 Å². The highest BCUT2D eigenvalue weighted by atomic mass is 32.2. The number of benzene rings is 2. The number of nitrogens with one attached hydrogen (secondary N) is 1. The standard InChI is InChI=1S/C17H17NO5S/c1-12-6-5-9-15(17(12)13-7-3-2-4-8-13)24(22,23)18-14(11-19)10-16(20)21/h2-9,11,14,18H,10H2,1H3,(H,20,21). The summed E-state index contributed by atoms with van der Waals surface area (Å²) in [5.41, 5.74) is 1.99. The first-order chi connectivity index (χ1) is 11.3. The molecule has 126 valence electrons. The summed E-state index contributed by atoms with van der Waals surface area (Å²) < 4.78 is 27.5. The largest absolute Gasteiger partial charge is 0.481 e. The second-order valence-electron chi connectivity index (χ2n) is 5.28. The van der Waals surface area contributed by atoms with Gasteiger partial charge in [0.1, 0.15) is 6.29 Å². The fourth-order valence-corrected chi connectivity index (χ4v) is 3.88. The van der Waals surface area contributed by atoms with Crippen molar-refractivity contribution < 1.29 is 23.1 Å². The lowest BCUT2D eigenvalue weighted by atomic mass is 10.0. The van der Waals surface area contributed by atoms with Crippen LogP contribution in [0.1, 0.15) is 12.0 Å². The number of sulfonamides is 1. The van der Waals surface area contributed by atoms with Gasteiger partial charge in [0.15, 0.2) is 0 Å². The van der Waals surface area contributed by atoms with Gasteiger partial charge in [-0.3, -0.25) is 4.79 Å². The number of aliphatic carboxylic acids is 1. The number of carboxylic acid groups (broad SMARTS) is 1. The topological polar surface area (TPSA) is 101 Å². The molecular weight excluding hydrogens is 330 g/mol. The quantitative estimate of drug-likeness (QED) is 0.746. The summed E-state index contributed by atoms with van der Waals surface area (Å²) in [5.74, 6) is -1.26. The molecule has 0 aromatic heterocycles. The molecular formula is C17H17NO5S. The molecule has 0 bridgehead atoms. The highest BCUT2D eigenvalue weighted by Crippen LogP contribution is 2.30. The molecule has 7 heteroatoms. The van der Waals surface area contributed by atoms with Gasteiger partial charge in [0.05, 0.1) is 17.4 Å². The maximum absolute atomic E-state index is 12.7. The molecule has 2 aromatic rings. The van der Waals surface area contributed by atoms with Crippen molar-refractivity contribution in [3.05, 3.63) is 54.1 Å². The molecule has 6 nitrogen and oxygen atoms in total. The Bertz CT molecular complexity index is 847. The first-order valence-corrected chi connectivity index (χ1v) is 8.68.